The zero-order chi connectivity index (χ0) is 10.0. The second kappa shape index (κ2) is 4.02. The van der Waals surface area contributed by atoms with Crippen molar-refractivity contribution in [1.29, 1.82) is 0 Å². The minimum Gasteiger partial charge on any atom is -0.398 e. The Kier molecular flexibility index (Phi) is 3.22. The molecule has 1 aromatic carbocycles. The Labute approximate surface area is 82.2 Å². The summed E-state index contributed by atoms with van der Waals surface area (Å²) in [6.45, 7) is 0. The van der Waals surface area contributed by atoms with Crippen LogP contribution in [0.5, 0.6) is 0 Å². The molecule has 2 atom stereocenters. The van der Waals surface area contributed by atoms with Crippen molar-refractivity contribution in [1.82, 2.24) is 0 Å². The summed E-state index contributed by atoms with van der Waals surface area (Å²) in [6, 6.07) is 4.94. The van der Waals surface area contributed by atoms with Gasteiger partial charge in [-0.15, -0.1) is 0 Å². The average Bonchev–Trinajstić information content (AvgIpc) is 2.03. The number of rotatable bonds is 2. The van der Waals surface area contributed by atoms with E-state index in [1.54, 1.807) is 30.7 Å². The van der Waals surface area contributed by atoms with Crippen molar-refractivity contribution < 1.29 is 8.42 Å². The van der Waals surface area contributed by atoms with E-state index in [4.69, 9.17) is 5.73 Å². The Bertz CT molecular complexity index is 376. The number of benzene rings is 1. The molecule has 1 aromatic rings. The Morgan fingerprint density at radius 2 is 1.77 bits per heavy atom. The van der Waals surface area contributed by atoms with Gasteiger partial charge < -0.3 is 5.73 Å². The summed E-state index contributed by atoms with van der Waals surface area (Å²) < 4.78 is 22.2. The SMILES string of the molecule is CS(=O)c1ccc(S(C)=O)c(N)c1. The van der Waals surface area contributed by atoms with E-state index >= 15 is 0 Å². The van der Waals surface area contributed by atoms with Gasteiger partial charge in [-0.2, -0.15) is 0 Å². The van der Waals surface area contributed by atoms with Crippen LogP contribution in [0.1, 0.15) is 0 Å². The lowest BCUT2D eigenvalue weighted by molar-refractivity contribution is 0.684. The highest BCUT2D eigenvalue weighted by molar-refractivity contribution is 7.84. The molecule has 0 aliphatic rings. The molecule has 0 saturated heterocycles. The quantitative estimate of drug-likeness (QED) is 0.743. The molecule has 13 heavy (non-hydrogen) atoms. The third kappa shape index (κ3) is 2.38. The van der Waals surface area contributed by atoms with Crippen LogP contribution >= 0.6 is 0 Å². The van der Waals surface area contributed by atoms with E-state index in [-0.39, 0.29) is 0 Å². The molecule has 0 heterocycles. The van der Waals surface area contributed by atoms with Crippen molar-refractivity contribution in [3.8, 4) is 0 Å². The van der Waals surface area contributed by atoms with E-state index in [1.807, 2.05) is 0 Å². The third-order valence-electron chi connectivity index (χ3n) is 1.62. The fourth-order valence-electron chi connectivity index (χ4n) is 0.967. The van der Waals surface area contributed by atoms with Gasteiger partial charge >= 0.3 is 0 Å². The summed E-state index contributed by atoms with van der Waals surface area (Å²) in [6.07, 6.45) is 3.14. The van der Waals surface area contributed by atoms with Crippen LogP contribution in [0.2, 0.25) is 0 Å². The lowest BCUT2D eigenvalue weighted by atomic mass is 10.3. The smallest absolute Gasteiger partial charge is 0.0615 e. The number of nitrogen functional groups attached to an aromatic ring is 1. The molecule has 1 rings (SSSR count). The van der Waals surface area contributed by atoms with Crippen molar-refractivity contribution in [2.24, 2.45) is 0 Å². The number of nitrogens with two attached hydrogens (primary N) is 1. The molecule has 0 spiro atoms. The van der Waals surface area contributed by atoms with Gasteiger partial charge in [-0.1, -0.05) is 0 Å². The van der Waals surface area contributed by atoms with Gasteiger partial charge in [-0.05, 0) is 18.2 Å². The molecule has 2 N–H and O–H groups in total. The highest BCUT2D eigenvalue weighted by Gasteiger charge is 2.05. The van der Waals surface area contributed by atoms with Gasteiger partial charge in [0.05, 0.1) is 15.7 Å². The lowest BCUT2D eigenvalue weighted by Crippen LogP contribution is -1.98. The molecule has 0 aromatic heterocycles. The van der Waals surface area contributed by atoms with Crippen molar-refractivity contribution in [3.05, 3.63) is 18.2 Å². The van der Waals surface area contributed by atoms with Crippen LogP contribution in [-0.2, 0) is 21.6 Å². The van der Waals surface area contributed by atoms with Crippen LogP contribution in [-0.4, -0.2) is 20.9 Å². The predicted octanol–water partition coefficient (Wildman–Crippen LogP) is 0.744. The summed E-state index contributed by atoms with van der Waals surface area (Å²) in [5, 5.41) is 0. The van der Waals surface area contributed by atoms with Gasteiger partial charge in [0.15, 0.2) is 0 Å². The number of hydrogen-bond donors (Lipinski definition) is 1. The monoisotopic (exact) mass is 217 g/mol. The van der Waals surface area contributed by atoms with Gasteiger partial charge in [0.1, 0.15) is 0 Å². The van der Waals surface area contributed by atoms with Crippen LogP contribution in [0.15, 0.2) is 28.0 Å². The molecule has 0 fully saturated rings. The minimum atomic E-state index is -1.09. The lowest BCUT2D eigenvalue weighted by Gasteiger charge is -2.03. The van der Waals surface area contributed by atoms with E-state index in [0.717, 1.165) is 0 Å². The molecular weight excluding hydrogens is 206 g/mol. The number of hydrogen-bond acceptors (Lipinski definition) is 3. The van der Waals surface area contributed by atoms with Gasteiger partial charge in [-0.25, -0.2) is 0 Å². The average molecular weight is 217 g/mol. The molecule has 0 saturated carbocycles. The van der Waals surface area contributed by atoms with Crippen LogP contribution in [0.25, 0.3) is 0 Å². The molecule has 0 aliphatic heterocycles. The maximum atomic E-state index is 11.1. The third-order valence-corrected chi connectivity index (χ3v) is 3.53. The topological polar surface area (TPSA) is 60.2 Å². The second-order valence-corrected chi connectivity index (χ2v) is 5.34. The van der Waals surface area contributed by atoms with E-state index in [0.29, 0.717) is 15.5 Å². The maximum absolute atomic E-state index is 11.1. The normalized spacial score (nSPS) is 15.2. The Morgan fingerprint density at radius 3 is 2.15 bits per heavy atom. The first-order chi connectivity index (χ1) is 6.02. The Hall–Kier alpha value is -0.680. The summed E-state index contributed by atoms with van der Waals surface area (Å²) >= 11 is 0. The van der Waals surface area contributed by atoms with Crippen LogP contribution in [0, 0.1) is 0 Å². The summed E-state index contributed by atoms with van der Waals surface area (Å²) in [5.41, 5.74) is 6.07. The van der Waals surface area contributed by atoms with Crippen LogP contribution < -0.4 is 5.73 Å². The van der Waals surface area contributed by atoms with Crippen LogP contribution in [0.4, 0.5) is 5.69 Å². The van der Waals surface area contributed by atoms with E-state index < -0.39 is 21.6 Å². The molecule has 5 heteroatoms. The molecule has 0 radical (unpaired) electrons. The molecule has 0 aliphatic carbocycles. The summed E-state index contributed by atoms with van der Waals surface area (Å²) in [5.74, 6) is 0. The van der Waals surface area contributed by atoms with Crippen LogP contribution in [0.3, 0.4) is 0 Å². The van der Waals surface area contributed by atoms with E-state index in [9.17, 15) is 8.42 Å². The fraction of sp³-hybridized carbons (Fsp3) is 0.250. The predicted molar refractivity (Wildman–Crippen MR) is 55.5 cm³/mol. The zero-order valence-electron chi connectivity index (χ0n) is 7.44. The highest BCUT2D eigenvalue weighted by atomic mass is 32.2. The minimum absolute atomic E-state index is 0.438. The number of anilines is 1. The first kappa shape index (κ1) is 10.4. The first-order valence-corrected chi connectivity index (χ1v) is 6.70. The summed E-state index contributed by atoms with van der Waals surface area (Å²) in [7, 11) is -2.13. The largest absolute Gasteiger partial charge is 0.398 e. The molecule has 3 nitrogen and oxygen atoms in total. The van der Waals surface area contributed by atoms with Crippen molar-refractivity contribution in [3.63, 3.8) is 0 Å². The second-order valence-electron chi connectivity index (χ2n) is 2.61. The van der Waals surface area contributed by atoms with Gasteiger partial charge in [0.25, 0.3) is 0 Å². The van der Waals surface area contributed by atoms with Gasteiger partial charge in [0.2, 0.25) is 0 Å². The zero-order valence-corrected chi connectivity index (χ0v) is 9.08. The molecule has 2 unspecified atom stereocenters. The van der Waals surface area contributed by atoms with E-state index in [2.05, 4.69) is 0 Å². The first-order valence-electron chi connectivity index (χ1n) is 3.58. The Morgan fingerprint density at radius 1 is 1.15 bits per heavy atom. The van der Waals surface area contributed by atoms with Crippen molar-refractivity contribution in [2.75, 3.05) is 18.2 Å². The molecular formula is C8H11NO2S2. The molecule has 72 valence electrons. The fourth-order valence-corrected chi connectivity index (χ4v) is 2.17. The highest BCUT2D eigenvalue weighted by Crippen LogP contribution is 2.18. The Balaban J connectivity index is 3.20. The van der Waals surface area contributed by atoms with Gasteiger partial charge in [-0.3, -0.25) is 8.42 Å². The summed E-state index contributed by atoms with van der Waals surface area (Å²) in [4.78, 5) is 1.25. The van der Waals surface area contributed by atoms with E-state index in [1.165, 1.54) is 0 Å². The van der Waals surface area contributed by atoms with Crippen molar-refractivity contribution in [2.45, 2.75) is 9.79 Å². The molecule has 0 amide bonds. The van der Waals surface area contributed by atoms with Crippen molar-refractivity contribution >= 4 is 27.3 Å². The standard InChI is InChI=1S/C8H11NO2S2/c1-12(10)6-3-4-8(13(2)11)7(9)5-6/h3-5H,9H2,1-2H3. The molecule has 0 bridgehead atoms. The van der Waals surface area contributed by atoms with Gasteiger partial charge in [0, 0.05) is 33.9 Å². The maximum Gasteiger partial charge on any atom is 0.0615 e.